The standard InChI is InChI=1S/C32H50O4/c1-19-25-21-9-10-23-28(5)13-12-24(35-20(2)33)27(3,4)22(28)11-14-30(23,7)29(21,6)15-17-32(25)18-16-31(19,8)36-26(32)34/h19,21-25H,9-18H2,1-8H3/t19-,21+,22-,23+,24-,25+,28-,29+,30+,31+,32-/m0/s1. The Morgan fingerprint density at radius 1 is 0.833 bits per heavy atom. The molecular weight excluding hydrogens is 448 g/mol. The van der Waals surface area contributed by atoms with Crippen molar-refractivity contribution in [1.82, 2.24) is 0 Å². The molecule has 0 aromatic carbocycles. The second-order valence-corrected chi connectivity index (χ2v) is 15.8. The van der Waals surface area contributed by atoms with Gasteiger partial charge in [0.1, 0.15) is 11.7 Å². The summed E-state index contributed by atoms with van der Waals surface area (Å²) in [5, 5.41) is 0. The Bertz CT molecular complexity index is 987. The lowest BCUT2D eigenvalue weighted by atomic mass is 9.30. The molecule has 202 valence electrons. The minimum atomic E-state index is -0.276. The summed E-state index contributed by atoms with van der Waals surface area (Å²) in [6.45, 7) is 18.8. The molecule has 0 unspecified atom stereocenters. The fourth-order valence-corrected chi connectivity index (χ4v) is 12.4. The lowest BCUT2D eigenvalue weighted by Gasteiger charge is -2.75. The van der Waals surface area contributed by atoms with Crippen LogP contribution in [0.25, 0.3) is 0 Å². The second-order valence-electron chi connectivity index (χ2n) is 15.8. The van der Waals surface area contributed by atoms with Crippen molar-refractivity contribution in [2.75, 3.05) is 0 Å². The summed E-state index contributed by atoms with van der Waals surface area (Å²) in [6.07, 6.45) is 11.5. The fraction of sp³-hybridized carbons (Fsp3) is 0.938. The molecule has 0 radical (unpaired) electrons. The van der Waals surface area contributed by atoms with E-state index < -0.39 is 0 Å². The van der Waals surface area contributed by atoms with Gasteiger partial charge in [0.25, 0.3) is 0 Å². The maximum Gasteiger partial charge on any atom is 0.312 e. The second kappa shape index (κ2) is 7.32. The van der Waals surface area contributed by atoms with E-state index in [1.54, 1.807) is 6.92 Å². The Morgan fingerprint density at radius 2 is 1.53 bits per heavy atom. The maximum atomic E-state index is 13.5. The molecule has 7 rings (SSSR count). The van der Waals surface area contributed by atoms with Gasteiger partial charge in [-0.3, -0.25) is 9.59 Å². The van der Waals surface area contributed by atoms with Gasteiger partial charge in [0.15, 0.2) is 0 Å². The third kappa shape index (κ3) is 2.78. The lowest BCUT2D eigenvalue weighted by Crippen LogP contribution is -2.72. The van der Waals surface area contributed by atoms with Crippen molar-refractivity contribution in [1.29, 1.82) is 0 Å². The van der Waals surface area contributed by atoms with E-state index in [1.165, 1.54) is 32.1 Å². The first-order valence-corrected chi connectivity index (χ1v) is 15.1. The maximum absolute atomic E-state index is 13.5. The summed E-state index contributed by atoms with van der Waals surface area (Å²) < 4.78 is 12.1. The Balaban J connectivity index is 1.36. The molecule has 1 spiro atoms. The SMILES string of the molecule is CC(=O)O[C@H]1CC[C@]2(C)[C@H]3CC[C@@H]4[C@H]5[C@H](C)[C@@]6(C)CC[C@]5(CC[C@@]4(C)[C@]3(C)CC[C@H]2C1(C)C)C(=O)O6. The number of ether oxygens (including phenoxy) is 2. The first-order valence-electron chi connectivity index (χ1n) is 15.1. The van der Waals surface area contributed by atoms with Gasteiger partial charge in [-0.05, 0) is 117 Å². The van der Waals surface area contributed by atoms with E-state index >= 15 is 0 Å². The van der Waals surface area contributed by atoms with E-state index in [0.717, 1.165) is 32.1 Å². The molecule has 5 saturated carbocycles. The van der Waals surface area contributed by atoms with Crippen molar-refractivity contribution < 1.29 is 19.1 Å². The van der Waals surface area contributed by atoms with E-state index in [2.05, 4.69) is 48.5 Å². The van der Waals surface area contributed by atoms with Crippen molar-refractivity contribution in [3.05, 3.63) is 0 Å². The average Bonchev–Trinajstić information content (AvgIpc) is 2.78. The summed E-state index contributed by atoms with van der Waals surface area (Å²) in [5.41, 5.74) is 0.327. The number of fused-ring (bicyclic) bond motifs is 7. The number of carbonyl (C=O) groups is 2. The molecule has 0 aromatic heterocycles. The summed E-state index contributed by atoms with van der Waals surface area (Å²) in [6, 6.07) is 0. The predicted octanol–water partition coefficient (Wildman–Crippen LogP) is 7.34. The van der Waals surface area contributed by atoms with Crippen molar-refractivity contribution >= 4 is 11.9 Å². The van der Waals surface area contributed by atoms with Gasteiger partial charge in [-0.1, -0.05) is 41.5 Å². The smallest absolute Gasteiger partial charge is 0.312 e. The average molecular weight is 499 g/mol. The number of hydrogen-bond acceptors (Lipinski definition) is 4. The predicted molar refractivity (Wildman–Crippen MR) is 140 cm³/mol. The highest BCUT2D eigenvalue weighted by Gasteiger charge is 2.74. The van der Waals surface area contributed by atoms with E-state index in [-0.39, 0.29) is 50.7 Å². The van der Waals surface area contributed by atoms with Gasteiger partial charge in [0, 0.05) is 12.3 Å². The van der Waals surface area contributed by atoms with Crippen molar-refractivity contribution in [2.45, 2.75) is 131 Å². The minimum Gasteiger partial charge on any atom is -0.462 e. The summed E-state index contributed by atoms with van der Waals surface area (Å²) in [7, 11) is 0. The zero-order chi connectivity index (χ0) is 26.1. The van der Waals surface area contributed by atoms with Crippen LogP contribution in [0.2, 0.25) is 0 Å². The van der Waals surface area contributed by atoms with Crippen LogP contribution < -0.4 is 0 Å². The molecule has 4 nitrogen and oxygen atoms in total. The van der Waals surface area contributed by atoms with Gasteiger partial charge in [-0.15, -0.1) is 0 Å². The molecule has 4 heteroatoms. The van der Waals surface area contributed by atoms with Crippen molar-refractivity contribution in [3.8, 4) is 0 Å². The molecule has 0 N–H and O–H groups in total. The molecule has 2 saturated heterocycles. The van der Waals surface area contributed by atoms with Gasteiger partial charge in [0.05, 0.1) is 5.41 Å². The van der Waals surface area contributed by atoms with Crippen LogP contribution in [0, 0.1) is 56.7 Å². The molecule has 5 aliphatic carbocycles. The van der Waals surface area contributed by atoms with E-state index in [0.29, 0.717) is 29.6 Å². The minimum absolute atomic E-state index is 0.00373. The summed E-state index contributed by atoms with van der Waals surface area (Å²) in [4.78, 5) is 25.4. The largest absolute Gasteiger partial charge is 0.462 e. The van der Waals surface area contributed by atoms with E-state index in [9.17, 15) is 9.59 Å². The van der Waals surface area contributed by atoms with E-state index in [4.69, 9.17) is 9.47 Å². The highest BCUT2D eigenvalue weighted by atomic mass is 16.6. The van der Waals surface area contributed by atoms with E-state index in [1.807, 2.05) is 0 Å². The third-order valence-electron chi connectivity index (χ3n) is 14.6. The van der Waals surface area contributed by atoms with Crippen LogP contribution in [-0.2, 0) is 19.1 Å². The first kappa shape index (κ1) is 25.2. The van der Waals surface area contributed by atoms with Crippen LogP contribution in [0.5, 0.6) is 0 Å². The Morgan fingerprint density at radius 3 is 2.19 bits per heavy atom. The van der Waals surface area contributed by atoms with Crippen LogP contribution in [-0.4, -0.2) is 23.6 Å². The van der Waals surface area contributed by atoms with Crippen LogP contribution in [0.3, 0.4) is 0 Å². The fourth-order valence-electron chi connectivity index (χ4n) is 12.4. The van der Waals surface area contributed by atoms with Crippen LogP contribution >= 0.6 is 0 Å². The van der Waals surface area contributed by atoms with Gasteiger partial charge in [0.2, 0.25) is 0 Å². The number of carbonyl (C=O) groups excluding carboxylic acids is 2. The number of esters is 2. The monoisotopic (exact) mass is 498 g/mol. The molecule has 7 aliphatic rings. The molecule has 7 fully saturated rings. The Labute approximate surface area is 219 Å². The molecular formula is C32H50O4. The molecule has 0 aromatic rings. The normalized spacial score (nSPS) is 56.9. The quantitative estimate of drug-likeness (QED) is 0.355. The van der Waals surface area contributed by atoms with Gasteiger partial charge < -0.3 is 9.47 Å². The Hall–Kier alpha value is -1.06. The summed E-state index contributed by atoms with van der Waals surface area (Å²) in [5.74, 6) is 2.79. The number of hydrogen-bond donors (Lipinski definition) is 0. The topological polar surface area (TPSA) is 52.6 Å². The molecule has 2 heterocycles. The molecule has 36 heavy (non-hydrogen) atoms. The molecule has 2 bridgehead atoms. The van der Waals surface area contributed by atoms with Crippen LogP contribution in [0.4, 0.5) is 0 Å². The highest BCUT2D eigenvalue weighted by Crippen LogP contribution is 2.78. The summed E-state index contributed by atoms with van der Waals surface area (Å²) >= 11 is 0. The van der Waals surface area contributed by atoms with Crippen LogP contribution in [0.15, 0.2) is 0 Å². The zero-order valence-electron chi connectivity index (χ0n) is 24.2. The van der Waals surface area contributed by atoms with Gasteiger partial charge >= 0.3 is 11.9 Å². The van der Waals surface area contributed by atoms with Gasteiger partial charge in [-0.25, -0.2) is 0 Å². The van der Waals surface area contributed by atoms with Crippen molar-refractivity contribution in [2.24, 2.45) is 56.7 Å². The van der Waals surface area contributed by atoms with Crippen LogP contribution in [0.1, 0.15) is 120 Å². The molecule has 11 atom stereocenters. The highest BCUT2D eigenvalue weighted by molar-refractivity contribution is 5.80. The number of rotatable bonds is 1. The third-order valence-corrected chi connectivity index (χ3v) is 14.6. The molecule has 2 aliphatic heterocycles. The lowest BCUT2D eigenvalue weighted by molar-refractivity contribution is -0.289. The van der Waals surface area contributed by atoms with Crippen molar-refractivity contribution in [3.63, 3.8) is 0 Å². The van der Waals surface area contributed by atoms with Gasteiger partial charge in [-0.2, -0.15) is 0 Å². The first-order chi connectivity index (χ1) is 16.7. The zero-order valence-corrected chi connectivity index (χ0v) is 24.2. The Kier molecular flexibility index (Phi) is 5.13. The molecule has 0 amide bonds.